The van der Waals surface area contributed by atoms with E-state index in [9.17, 15) is 4.79 Å². The molecule has 0 radical (unpaired) electrons. The second-order valence-electron chi connectivity index (χ2n) is 7.50. The minimum atomic E-state index is 0.0788. The lowest BCUT2D eigenvalue weighted by molar-refractivity contribution is 0.0913. The van der Waals surface area contributed by atoms with E-state index in [1.165, 1.54) is 11.3 Å². The van der Waals surface area contributed by atoms with Crippen molar-refractivity contribution >= 4 is 6.03 Å². The first-order valence-corrected chi connectivity index (χ1v) is 9.22. The van der Waals surface area contributed by atoms with Crippen LogP contribution in [0.4, 0.5) is 4.79 Å². The van der Waals surface area contributed by atoms with Crippen molar-refractivity contribution in [2.75, 3.05) is 33.8 Å². The van der Waals surface area contributed by atoms with Gasteiger partial charge >= 0.3 is 6.03 Å². The van der Waals surface area contributed by atoms with E-state index in [-0.39, 0.29) is 12.1 Å². The maximum Gasteiger partial charge on any atom is 0.319 e. The van der Waals surface area contributed by atoms with E-state index < -0.39 is 0 Å². The highest BCUT2D eigenvalue weighted by Gasteiger charge is 2.35. The summed E-state index contributed by atoms with van der Waals surface area (Å²) in [7, 11) is 5.61. The molecule has 0 bridgehead atoms. The number of hydrogen-bond donors (Lipinski definition) is 1. The fourth-order valence-corrected chi connectivity index (χ4v) is 4.07. The molecular weight excluding hydrogens is 318 g/mol. The highest BCUT2D eigenvalue weighted by atomic mass is 16.5. The molecule has 2 aliphatic heterocycles. The van der Waals surface area contributed by atoms with E-state index in [1.807, 2.05) is 30.7 Å². The Hall–Kier alpha value is -1.60. The molecule has 3 heterocycles. The zero-order chi connectivity index (χ0) is 18.1. The quantitative estimate of drug-likeness (QED) is 0.900. The molecule has 1 N–H and O–H groups in total. The van der Waals surface area contributed by atoms with Crippen LogP contribution in [0.3, 0.4) is 0 Å². The third kappa shape index (κ3) is 3.67. The summed E-state index contributed by atoms with van der Waals surface area (Å²) in [6, 6.07) is 0.877. The molecule has 140 valence electrons. The third-order valence-corrected chi connectivity index (χ3v) is 5.54. The van der Waals surface area contributed by atoms with Crippen LogP contribution in [-0.2, 0) is 11.8 Å². The molecule has 2 atom stereocenters. The number of likely N-dealkylation sites (tertiary alicyclic amines) is 1. The van der Waals surface area contributed by atoms with Crippen LogP contribution >= 0.6 is 0 Å². The Balaban J connectivity index is 1.61. The summed E-state index contributed by atoms with van der Waals surface area (Å²) in [5, 5.41) is 8.35. The molecule has 1 aromatic heterocycles. The number of piperidine rings is 1. The number of amides is 2. The van der Waals surface area contributed by atoms with E-state index in [0.717, 1.165) is 44.7 Å². The smallest absolute Gasteiger partial charge is 0.319 e. The number of aryl methyl sites for hydroxylation is 2. The number of rotatable bonds is 3. The van der Waals surface area contributed by atoms with Crippen molar-refractivity contribution in [3.63, 3.8) is 0 Å². The molecule has 0 aliphatic carbocycles. The van der Waals surface area contributed by atoms with E-state index in [0.29, 0.717) is 12.1 Å². The molecule has 25 heavy (non-hydrogen) atoms. The van der Waals surface area contributed by atoms with Crippen molar-refractivity contribution in [1.82, 2.24) is 24.9 Å². The molecule has 0 saturated carbocycles. The molecule has 1 aromatic rings. The lowest BCUT2D eigenvalue weighted by Crippen LogP contribution is -2.50. The van der Waals surface area contributed by atoms with Crippen molar-refractivity contribution in [2.24, 2.45) is 7.05 Å². The number of carbonyl (C=O) groups is 1. The van der Waals surface area contributed by atoms with Crippen LogP contribution in [0.15, 0.2) is 0 Å². The Morgan fingerprint density at radius 1 is 1.24 bits per heavy atom. The van der Waals surface area contributed by atoms with E-state index in [1.54, 1.807) is 4.90 Å². The lowest BCUT2D eigenvalue weighted by atomic mass is 9.97. The molecule has 0 spiro atoms. The van der Waals surface area contributed by atoms with E-state index in [4.69, 9.17) is 4.74 Å². The fourth-order valence-electron chi connectivity index (χ4n) is 4.07. The van der Waals surface area contributed by atoms with Gasteiger partial charge in [0.05, 0.1) is 5.69 Å². The number of urea groups is 1. The van der Waals surface area contributed by atoms with Crippen molar-refractivity contribution in [3.8, 4) is 0 Å². The standard InChI is InChI=1S/C18H31N5O2/c1-12-16(13(2)22(5)20-12)17-15(8-11-25-17)19-14-6-9-23(10-7-14)18(24)21(3)4/h14-15,17,19H,6-11H2,1-5H3/t15-,17-/m1/s1. The van der Waals surface area contributed by atoms with Gasteiger partial charge in [-0.25, -0.2) is 4.79 Å². The molecule has 2 aliphatic rings. The van der Waals surface area contributed by atoms with Crippen LogP contribution in [0.2, 0.25) is 0 Å². The minimum absolute atomic E-state index is 0.0788. The van der Waals surface area contributed by atoms with Crippen molar-refractivity contribution in [3.05, 3.63) is 17.0 Å². The van der Waals surface area contributed by atoms with Crippen molar-refractivity contribution in [1.29, 1.82) is 0 Å². The van der Waals surface area contributed by atoms with Gasteiger partial charge in [-0.2, -0.15) is 5.10 Å². The van der Waals surface area contributed by atoms with Gasteiger partial charge < -0.3 is 19.9 Å². The average Bonchev–Trinajstić information content (AvgIpc) is 3.11. The molecule has 0 aromatic carbocycles. The van der Waals surface area contributed by atoms with Crippen LogP contribution in [0, 0.1) is 13.8 Å². The molecule has 2 amide bonds. The Kier molecular flexibility index (Phi) is 5.34. The van der Waals surface area contributed by atoms with E-state index >= 15 is 0 Å². The second kappa shape index (κ2) is 7.33. The van der Waals surface area contributed by atoms with Crippen LogP contribution in [0.5, 0.6) is 0 Å². The van der Waals surface area contributed by atoms with Crippen LogP contribution in [-0.4, -0.2) is 71.5 Å². The predicted octanol–water partition coefficient (Wildman–Crippen LogP) is 1.60. The summed E-state index contributed by atoms with van der Waals surface area (Å²) in [4.78, 5) is 15.7. The summed E-state index contributed by atoms with van der Waals surface area (Å²) in [5.41, 5.74) is 3.48. The van der Waals surface area contributed by atoms with Gasteiger partial charge in [-0.05, 0) is 33.1 Å². The SMILES string of the molecule is Cc1nn(C)c(C)c1[C@@H]1OCC[C@H]1NC1CCN(C(=O)N(C)C)CC1. The fraction of sp³-hybridized carbons (Fsp3) is 0.778. The summed E-state index contributed by atoms with van der Waals surface area (Å²) in [5.74, 6) is 0. The van der Waals surface area contributed by atoms with Gasteiger partial charge in [0.15, 0.2) is 0 Å². The van der Waals surface area contributed by atoms with Gasteiger partial charge in [0.2, 0.25) is 0 Å². The average molecular weight is 349 g/mol. The van der Waals surface area contributed by atoms with Gasteiger partial charge in [-0.1, -0.05) is 0 Å². The zero-order valence-electron chi connectivity index (χ0n) is 16.1. The maximum absolute atomic E-state index is 12.1. The molecular formula is C18H31N5O2. The van der Waals surface area contributed by atoms with Gasteiger partial charge in [-0.15, -0.1) is 0 Å². The topological polar surface area (TPSA) is 62.6 Å². The summed E-state index contributed by atoms with van der Waals surface area (Å²) >= 11 is 0. The molecule has 7 nitrogen and oxygen atoms in total. The predicted molar refractivity (Wildman–Crippen MR) is 96.6 cm³/mol. The Labute approximate surface area is 150 Å². The zero-order valence-corrected chi connectivity index (χ0v) is 16.1. The highest BCUT2D eigenvalue weighted by molar-refractivity contribution is 5.73. The number of carbonyl (C=O) groups excluding carboxylic acids is 1. The molecule has 7 heteroatoms. The number of nitrogens with one attached hydrogen (secondary N) is 1. The Morgan fingerprint density at radius 2 is 1.92 bits per heavy atom. The van der Waals surface area contributed by atoms with Crippen molar-refractivity contribution in [2.45, 2.75) is 51.3 Å². The molecule has 3 rings (SSSR count). The van der Waals surface area contributed by atoms with Gasteiger partial charge in [0.1, 0.15) is 6.10 Å². The van der Waals surface area contributed by atoms with Crippen LogP contribution in [0.25, 0.3) is 0 Å². The first-order chi connectivity index (χ1) is 11.9. The van der Waals surface area contributed by atoms with Crippen LogP contribution < -0.4 is 5.32 Å². The normalized spacial score (nSPS) is 24.8. The maximum atomic E-state index is 12.1. The highest BCUT2D eigenvalue weighted by Crippen LogP contribution is 2.33. The first-order valence-electron chi connectivity index (χ1n) is 9.22. The number of hydrogen-bond acceptors (Lipinski definition) is 4. The second-order valence-corrected chi connectivity index (χ2v) is 7.50. The monoisotopic (exact) mass is 349 g/mol. The Morgan fingerprint density at radius 3 is 2.48 bits per heavy atom. The third-order valence-electron chi connectivity index (χ3n) is 5.54. The molecule has 2 fully saturated rings. The molecule has 0 unspecified atom stereocenters. The number of nitrogens with zero attached hydrogens (tertiary/aromatic N) is 4. The van der Waals surface area contributed by atoms with E-state index in [2.05, 4.69) is 24.3 Å². The first kappa shape index (κ1) is 18.2. The summed E-state index contributed by atoms with van der Waals surface area (Å²) in [6.07, 6.45) is 3.09. The Bertz CT molecular complexity index is 619. The lowest BCUT2D eigenvalue weighted by Gasteiger charge is -2.35. The number of aromatic nitrogens is 2. The van der Waals surface area contributed by atoms with Crippen molar-refractivity contribution < 1.29 is 9.53 Å². The van der Waals surface area contributed by atoms with Gasteiger partial charge in [0.25, 0.3) is 0 Å². The van der Waals surface area contributed by atoms with Gasteiger partial charge in [-0.3, -0.25) is 4.68 Å². The van der Waals surface area contributed by atoms with Crippen LogP contribution in [0.1, 0.15) is 42.3 Å². The molecule has 2 saturated heterocycles. The summed E-state index contributed by atoms with van der Waals surface area (Å²) in [6.45, 7) is 6.59. The summed E-state index contributed by atoms with van der Waals surface area (Å²) < 4.78 is 8.01. The number of ether oxygens (including phenoxy) is 1. The minimum Gasteiger partial charge on any atom is -0.372 e. The largest absolute Gasteiger partial charge is 0.372 e. The van der Waals surface area contributed by atoms with Gasteiger partial charge in [0, 0.05) is 64.2 Å².